The zero-order valence-corrected chi connectivity index (χ0v) is 17.6. The number of carbonyl (C=O) groups is 1. The molecule has 0 spiro atoms. The van der Waals surface area contributed by atoms with Crippen molar-refractivity contribution in [2.45, 2.75) is 39.3 Å². The van der Waals surface area contributed by atoms with Gasteiger partial charge in [0.25, 0.3) is 11.5 Å². The van der Waals surface area contributed by atoms with E-state index in [0.717, 1.165) is 42.8 Å². The largest absolute Gasteiger partial charge is 0.487 e. The van der Waals surface area contributed by atoms with Crippen molar-refractivity contribution in [2.24, 2.45) is 0 Å². The van der Waals surface area contributed by atoms with Gasteiger partial charge in [-0.2, -0.15) is 0 Å². The van der Waals surface area contributed by atoms with E-state index in [0.29, 0.717) is 23.6 Å². The minimum atomic E-state index is -0.205. The fourth-order valence-corrected chi connectivity index (χ4v) is 3.91. The van der Waals surface area contributed by atoms with Crippen LogP contribution in [0.5, 0.6) is 5.75 Å². The Morgan fingerprint density at radius 1 is 1.37 bits per heavy atom. The van der Waals surface area contributed by atoms with E-state index in [4.69, 9.17) is 4.74 Å². The molecule has 0 aromatic carbocycles. The molecule has 1 amide bonds. The topological polar surface area (TPSA) is 91.7 Å². The average molecular weight is 409 g/mol. The smallest absolute Gasteiger partial charge is 0.269 e. The first kappa shape index (κ1) is 20.2. The van der Waals surface area contributed by atoms with Gasteiger partial charge in [0.15, 0.2) is 0 Å². The number of aromatic amines is 1. The van der Waals surface area contributed by atoms with Crippen LogP contribution in [0.3, 0.4) is 0 Å². The number of carbonyl (C=O) groups excluding carboxylic acids is 1. The predicted octanol–water partition coefficient (Wildman–Crippen LogP) is 1.91. The molecule has 8 nitrogen and oxygen atoms in total. The minimum absolute atomic E-state index is 0.0179. The van der Waals surface area contributed by atoms with Gasteiger partial charge in [-0.1, -0.05) is 6.92 Å². The van der Waals surface area contributed by atoms with Crippen LogP contribution >= 0.6 is 0 Å². The summed E-state index contributed by atoms with van der Waals surface area (Å²) in [7, 11) is 1.59. The molecule has 1 aliphatic heterocycles. The molecule has 0 bridgehead atoms. The van der Waals surface area contributed by atoms with Crippen LogP contribution in [0.1, 0.15) is 40.7 Å². The number of ether oxygens (including phenoxy) is 1. The van der Waals surface area contributed by atoms with Gasteiger partial charge < -0.3 is 19.4 Å². The van der Waals surface area contributed by atoms with E-state index >= 15 is 0 Å². The Morgan fingerprint density at radius 3 is 2.93 bits per heavy atom. The van der Waals surface area contributed by atoms with E-state index in [1.165, 1.54) is 0 Å². The first-order valence-electron chi connectivity index (χ1n) is 10.3. The number of nitrogens with one attached hydrogen (secondary N) is 2. The van der Waals surface area contributed by atoms with E-state index < -0.39 is 0 Å². The van der Waals surface area contributed by atoms with Crippen LogP contribution < -0.4 is 15.6 Å². The second kappa shape index (κ2) is 8.31. The SMILES string of the molecule is CCc1cn2cc(CN3CCC(Oc4ccc(C(=O)NC)nc4C)C3)cc2[nH]c1=O. The van der Waals surface area contributed by atoms with Crippen LogP contribution in [0.15, 0.2) is 35.4 Å². The molecular formula is C22H27N5O3. The lowest BCUT2D eigenvalue weighted by molar-refractivity contribution is 0.0957. The molecule has 8 heteroatoms. The van der Waals surface area contributed by atoms with Gasteiger partial charge in [0, 0.05) is 44.6 Å². The van der Waals surface area contributed by atoms with Crippen molar-refractivity contribution >= 4 is 11.6 Å². The lowest BCUT2D eigenvalue weighted by Crippen LogP contribution is -2.25. The normalized spacial score (nSPS) is 16.8. The number of aryl methyl sites for hydroxylation is 2. The second-order valence-electron chi connectivity index (χ2n) is 7.73. The Hall–Kier alpha value is -3.13. The molecule has 4 rings (SSSR count). The molecule has 1 unspecified atom stereocenters. The Bertz CT molecular complexity index is 1130. The summed E-state index contributed by atoms with van der Waals surface area (Å²) in [5, 5.41) is 2.58. The van der Waals surface area contributed by atoms with Gasteiger partial charge in [-0.25, -0.2) is 4.98 Å². The number of pyridine rings is 1. The highest BCUT2D eigenvalue weighted by atomic mass is 16.5. The Balaban J connectivity index is 1.40. The molecule has 0 radical (unpaired) electrons. The van der Waals surface area contributed by atoms with E-state index in [1.54, 1.807) is 13.1 Å². The first-order valence-corrected chi connectivity index (χ1v) is 10.3. The van der Waals surface area contributed by atoms with Crippen molar-refractivity contribution in [3.05, 3.63) is 63.5 Å². The molecule has 4 heterocycles. The third-order valence-electron chi connectivity index (χ3n) is 5.54. The van der Waals surface area contributed by atoms with Gasteiger partial charge in [0.1, 0.15) is 23.2 Å². The molecule has 3 aromatic rings. The van der Waals surface area contributed by atoms with Gasteiger partial charge in [-0.05, 0) is 43.5 Å². The summed E-state index contributed by atoms with van der Waals surface area (Å²) in [4.78, 5) is 33.4. The molecule has 158 valence electrons. The summed E-state index contributed by atoms with van der Waals surface area (Å²) < 4.78 is 8.15. The number of aromatic nitrogens is 3. The molecule has 0 saturated carbocycles. The zero-order valence-electron chi connectivity index (χ0n) is 17.6. The number of likely N-dealkylation sites (tertiary alicyclic amines) is 1. The van der Waals surface area contributed by atoms with Gasteiger partial charge >= 0.3 is 0 Å². The van der Waals surface area contributed by atoms with E-state index in [9.17, 15) is 9.59 Å². The Kier molecular flexibility index (Phi) is 5.59. The third-order valence-corrected chi connectivity index (χ3v) is 5.54. The summed E-state index contributed by atoms with van der Waals surface area (Å²) >= 11 is 0. The molecule has 1 saturated heterocycles. The van der Waals surface area contributed by atoms with Crippen LogP contribution in [0.25, 0.3) is 5.65 Å². The fourth-order valence-electron chi connectivity index (χ4n) is 3.91. The Labute approximate surface area is 174 Å². The van der Waals surface area contributed by atoms with Crippen molar-refractivity contribution < 1.29 is 9.53 Å². The van der Waals surface area contributed by atoms with Crippen LogP contribution in [0.2, 0.25) is 0 Å². The summed E-state index contributed by atoms with van der Waals surface area (Å²) in [6.45, 7) is 6.40. The number of H-pyrrole nitrogens is 1. The fraction of sp³-hybridized carbons (Fsp3) is 0.409. The number of fused-ring (bicyclic) bond motifs is 1. The second-order valence-corrected chi connectivity index (χ2v) is 7.73. The lowest BCUT2D eigenvalue weighted by atomic mass is 10.2. The monoisotopic (exact) mass is 409 g/mol. The maximum absolute atomic E-state index is 12.0. The number of amides is 1. The van der Waals surface area contributed by atoms with Gasteiger partial charge in [0.2, 0.25) is 0 Å². The van der Waals surface area contributed by atoms with Crippen LogP contribution in [0.4, 0.5) is 0 Å². The number of rotatable bonds is 6. The van der Waals surface area contributed by atoms with Crippen LogP contribution in [-0.4, -0.2) is 51.4 Å². The molecule has 0 aliphatic carbocycles. The molecule has 3 aromatic heterocycles. The molecule has 2 N–H and O–H groups in total. The quantitative estimate of drug-likeness (QED) is 0.649. The molecule has 1 fully saturated rings. The van der Waals surface area contributed by atoms with Gasteiger partial charge in [-0.15, -0.1) is 0 Å². The first-order chi connectivity index (χ1) is 14.5. The minimum Gasteiger partial charge on any atom is -0.487 e. The zero-order chi connectivity index (χ0) is 21.3. The summed E-state index contributed by atoms with van der Waals surface area (Å²) in [6.07, 6.45) is 5.71. The third kappa shape index (κ3) is 4.09. The molecule has 1 aliphatic rings. The highest BCUT2D eigenvalue weighted by molar-refractivity contribution is 5.92. The van der Waals surface area contributed by atoms with Crippen molar-refractivity contribution in [2.75, 3.05) is 20.1 Å². The number of nitrogens with zero attached hydrogens (tertiary/aromatic N) is 3. The Morgan fingerprint density at radius 2 is 2.20 bits per heavy atom. The summed E-state index contributed by atoms with van der Waals surface area (Å²) in [6, 6.07) is 5.53. The predicted molar refractivity (Wildman–Crippen MR) is 114 cm³/mol. The molecule has 1 atom stereocenters. The van der Waals surface area contributed by atoms with E-state index in [1.807, 2.05) is 36.6 Å². The van der Waals surface area contributed by atoms with Crippen molar-refractivity contribution in [1.82, 2.24) is 24.6 Å². The highest BCUT2D eigenvalue weighted by Crippen LogP contribution is 2.23. The van der Waals surface area contributed by atoms with E-state index in [-0.39, 0.29) is 17.6 Å². The average Bonchev–Trinajstić information content (AvgIpc) is 3.34. The number of hydrogen-bond donors (Lipinski definition) is 2. The van der Waals surface area contributed by atoms with Gasteiger partial charge in [-0.3, -0.25) is 14.5 Å². The van der Waals surface area contributed by atoms with Crippen molar-refractivity contribution in [3.8, 4) is 5.75 Å². The maximum atomic E-state index is 12.0. The van der Waals surface area contributed by atoms with Gasteiger partial charge in [0.05, 0.1) is 5.69 Å². The van der Waals surface area contributed by atoms with Crippen molar-refractivity contribution in [1.29, 1.82) is 0 Å². The van der Waals surface area contributed by atoms with Crippen molar-refractivity contribution in [3.63, 3.8) is 0 Å². The van der Waals surface area contributed by atoms with Crippen LogP contribution in [0, 0.1) is 6.92 Å². The maximum Gasteiger partial charge on any atom is 0.269 e. The molecular weight excluding hydrogens is 382 g/mol. The molecule has 30 heavy (non-hydrogen) atoms. The number of hydrogen-bond acceptors (Lipinski definition) is 5. The summed E-state index contributed by atoms with van der Waals surface area (Å²) in [5.74, 6) is 0.512. The highest BCUT2D eigenvalue weighted by Gasteiger charge is 2.25. The van der Waals surface area contributed by atoms with E-state index in [2.05, 4.69) is 26.4 Å². The van der Waals surface area contributed by atoms with Crippen LogP contribution in [-0.2, 0) is 13.0 Å². The standard InChI is InChI=1S/C22H27N5O3/c1-4-16-12-27-11-15(9-20(27)25-21(16)28)10-26-8-7-17(13-26)30-19-6-5-18(22(29)23-3)24-14(19)2/h5-6,9,11-12,17H,4,7-8,10,13H2,1-3H3,(H,23,29)(H,25,28). The lowest BCUT2D eigenvalue weighted by Gasteiger charge is -2.17. The summed E-state index contributed by atoms with van der Waals surface area (Å²) in [5.41, 5.74) is 3.84.